The number of nitrogens with zero attached hydrogens (tertiary/aromatic N) is 1. The molecule has 2 aliphatic rings. The quantitative estimate of drug-likeness (QED) is 0.786. The average molecular weight is 336 g/mol. The van der Waals surface area contributed by atoms with Gasteiger partial charge in [-0.1, -0.05) is 36.4 Å². The van der Waals surface area contributed by atoms with E-state index in [2.05, 4.69) is 45.2 Å². The summed E-state index contributed by atoms with van der Waals surface area (Å²) in [6.07, 6.45) is 4.03. The minimum absolute atomic E-state index is 0.0838. The largest absolute Gasteiger partial charge is 0.370 e. The summed E-state index contributed by atoms with van der Waals surface area (Å²) in [5.41, 5.74) is 3.61. The van der Waals surface area contributed by atoms with Gasteiger partial charge in [-0.15, -0.1) is 0 Å². The van der Waals surface area contributed by atoms with Gasteiger partial charge in [0, 0.05) is 37.2 Å². The first-order chi connectivity index (χ1) is 12.3. The highest BCUT2D eigenvalue weighted by molar-refractivity contribution is 5.74. The Morgan fingerprint density at radius 2 is 2.08 bits per heavy atom. The summed E-state index contributed by atoms with van der Waals surface area (Å²) in [7, 11) is 0. The highest BCUT2D eigenvalue weighted by atomic mass is 16.2. The number of hydrogen-bond donors (Lipinski definition) is 3. The summed E-state index contributed by atoms with van der Waals surface area (Å²) in [4.78, 5) is 16.7. The lowest BCUT2D eigenvalue weighted by Crippen LogP contribution is -2.38. The molecule has 0 radical (unpaired) electrons. The van der Waals surface area contributed by atoms with E-state index < -0.39 is 0 Å². The zero-order valence-corrected chi connectivity index (χ0v) is 14.3. The second-order valence-electron chi connectivity index (χ2n) is 6.85. The second-order valence-corrected chi connectivity index (χ2v) is 6.85. The Labute approximate surface area is 148 Å². The van der Waals surface area contributed by atoms with E-state index in [9.17, 15) is 4.79 Å². The summed E-state index contributed by atoms with van der Waals surface area (Å²) < 4.78 is 0. The first-order valence-electron chi connectivity index (χ1n) is 9.11. The number of urea groups is 1. The highest BCUT2D eigenvalue weighted by Gasteiger charge is 2.39. The number of benzene rings is 1. The molecule has 1 saturated carbocycles. The van der Waals surface area contributed by atoms with E-state index in [4.69, 9.17) is 0 Å². The Bertz CT molecular complexity index is 747. The van der Waals surface area contributed by atoms with Crippen LogP contribution in [0.25, 0.3) is 0 Å². The molecule has 1 fully saturated rings. The SMILES string of the molecule is O=C(NCCc1ccc2c(n1)NCCC2)N[C@@H]1C[C@H]1c1ccccc1. The van der Waals surface area contributed by atoms with Crippen molar-refractivity contribution in [1.82, 2.24) is 15.6 Å². The Kier molecular flexibility index (Phi) is 4.55. The van der Waals surface area contributed by atoms with Crippen molar-refractivity contribution < 1.29 is 4.79 Å². The minimum Gasteiger partial charge on any atom is -0.370 e. The van der Waals surface area contributed by atoms with Crippen molar-refractivity contribution in [2.45, 2.75) is 37.6 Å². The van der Waals surface area contributed by atoms with Crippen LogP contribution in [-0.2, 0) is 12.8 Å². The smallest absolute Gasteiger partial charge is 0.315 e. The molecule has 130 valence electrons. The molecule has 25 heavy (non-hydrogen) atoms. The normalized spacial score (nSPS) is 21.0. The Hall–Kier alpha value is -2.56. The van der Waals surface area contributed by atoms with Gasteiger partial charge in [0.2, 0.25) is 0 Å². The topological polar surface area (TPSA) is 66.0 Å². The van der Waals surface area contributed by atoms with Gasteiger partial charge in [0.1, 0.15) is 5.82 Å². The van der Waals surface area contributed by atoms with Crippen LogP contribution >= 0.6 is 0 Å². The molecule has 1 aromatic heterocycles. The lowest BCUT2D eigenvalue weighted by Gasteiger charge is -2.17. The van der Waals surface area contributed by atoms with Gasteiger partial charge < -0.3 is 16.0 Å². The van der Waals surface area contributed by atoms with Gasteiger partial charge in [0.15, 0.2) is 0 Å². The Balaban J connectivity index is 1.21. The van der Waals surface area contributed by atoms with Crippen LogP contribution < -0.4 is 16.0 Å². The van der Waals surface area contributed by atoms with Crippen molar-refractivity contribution in [2.75, 3.05) is 18.4 Å². The Morgan fingerprint density at radius 3 is 2.96 bits per heavy atom. The summed E-state index contributed by atoms with van der Waals surface area (Å²) >= 11 is 0. The van der Waals surface area contributed by atoms with Gasteiger partial charge in [0.25, 0.3) is 0 Å². The van der Waals surface area contributed by atoms with Gasteiger partial charge >= 0.3 is 6.03 Å². The van der Waals surface area contributed by atoms with E-state index in [1.54, 1.807) is 0 Å². The minimum atomic E-state index is -0.0838. The van der Waals surface area contributed by atoms with Crippen molar-refractivity contribution >= 4 is 11.8 Å². The molecule has 5 heteroatoms. The van der Waals surface area contributed by atoms with Crippen LogP contribution in [-0.4, -0.2) is 30.1 Å². The molecular weight excluding hydrogens is 312 g/mol. The third kappa shape index (κ3) is 3.92. The van der Waals surface area contributed by atoms with E-state index >= 15 is 0 Å². The van der Waals surface area contributed by atoms with Crippen molar-refractivity contribution in [1.29, 1.82) is 0 Å². The molecule has 5 nitrogen and oxygen atoms in total. The average Bonchev–Trinajstić information content (AvgIpc) is 3.41. The van der Waals surface area contributed by atoms with Gasteiger partial charge in [-0.2, -0.15) is 0 Å². The summed E-state index contributed by atoms with van der Waals surface area (Å²) in [6, 6.07) is 14.8. The van der Waals surface area contributed by atoms with Crippen LogP contribution in [0.4, 0.5) is 10.6 Å². The van der Waals surface area contributed by atoms with Crippen LogP contribution in [0, 0.1) is 0 Å². The molecule has 2 aromatic rings. The van der Waals surface area contributed by atoms with E-state index in [0.29, 0.717) is 12.5 Å². The number of aryl methyl sites for hydroxylation is 1. The van der Waals surface area contributed by atoms with Gasteiger partial charge in [0.05, 0.1) is 0 Å². The molecule has 2 atom stereocenters. The maximum atomic E-state index is 12.0. The van der Waals surface area contributed by atoms with E-state index in [-0.39, 0.29) is 12.1 Å². The van der Waals surface area contributed by atoms with Crippen molar-refractivity contribution in [3.63, 3.8) is 0 Å². The lowest BCUT2D eigenvalue weighted by molar-refractivity contribution is 0.240. The molecule has 0 unspecified atom stereocenters. The molecule has 1 aliphatic heterocycles. The monoisotopic (exact) mass is 336 g/mol. The third-order valence-electron chi connectivity index (χ3n) is 4.95. The molecule has 2 amide bonds. The maximum Gasteiger partial charge on any atom is 0.315 e. The van der Waals surface area contributed by atoms with Gasteiger partial charge in [-0.05, 0) is 36.5 Å². The fraction of sp³-hybridized carbons (Fsp3) is 0.400. The van der Waals surface area contributed by atoms with Crippen molar-refractivity contribution in [3.8, 4) is 0 Å². The van der Waals surface area contributed by atoms with Crippen LogP contribution in [0.1, 0.15) is 35.6 Å². The number of rotatable bonds is 5. The number of hydrogen-bond acceptors (Lipinski definition) is 3. The molecule has 0 bridgehead atoms. The molecule has 3 N–H and O–H groups in total. The molecule has 4 rings (SSSR count). The highest BCUT2D eigenvalue weighted by Crippen LogP contribution is 2.40. The van der Waals surface area contributed by atoms with Crippen molar-refractivity contribution in [3.05, 3.63) is 59.3 Å². The van der Waals surface area contributed by atoms with Crippen molar-refractivity contribution in [2.24, 2.45) is 0 Å². The number of pyridine rings is 1. The lowest BCUT2D eigenvalue weighted by atomic mass is 10.1. The maximum absolute atomic E-state index is 12.0. The molecule has 0 spiro atoms. The third-order valence-corrected chi connectivity index (χ3v) is 4.95. The fourth-order valence-corrected chi connectivity index (χ4v) is 3.45. The Morgan fingerprint density at radius 1 is 1.20 bits per heavy atom. The number of aromatic nitrogens is 1. The van der Waals surface area contributed by atoms with E-state index in [1.807, 2.05) is 18.2 Å². The number of carbonyl (C=O) groups excluding carboxylic acids is 1. The van der Waals surface area contributed by atoms with Crippen LogP contribution in [0.5, 0.6) is 0 Å². The molecular formula is C20H24N4O. The predicted molar refractivity (Wildman–Crippen MR) is 98.9 cm³/mol. The summed E-state index contributed by atoms with van der Waals surface area (Å²) in [5.74, 6) is 1.47. The summed E-state index contributed by atoms with van der Waals surface area (Å²) in [5, 5.41) is 9.35. The van der Waals surface area contributed by atoms with Crippen LogP contribution in [0.2, 0.25) is 0 Å². The number of amides is 2. The summed E-state index contributed by atoms with van der Waals surface area (Å²) in [6.45, 7) is 1.59. The van der Waals surface area contributed by atoms with E-state index in [0.717, 1.165) is 37.3 Å². The zero-order chi connectivity index (χ0) is 17.1. The number of anilines is 1. The van der Waals surface area contributed by atoms with E-state index in [1.165, 1.54) is 17.5 Å². The number of nitrogens with one attached hydrogen (secondary N) is 3. The van der Waals surface area contributed by atoms with Gasteiger partial charge in [-0.3, -0.25) is 0 Å². The molecule has 2 heterocycles. The fourth-order valence-electron chi connectivity index (χ4n) is 3.45. The van der Waals surface area contributed by atoms with Crippen LogP contribution in [0.3, 0.4) is 0 Å². The molecule has 0 saturated heterocycles. The number of fused-ring (bicyclic) bond motifs is 1. The van der Waals surface area contributed by atoms with Crippen LogP contribution in [0.15, 0.2) is 42.5 Å². The predicted octanol–water partition coefficient (Wildman–Crippen LogP) is 2.84. The first kappa shape index (κ1) is 15.9. The number of carbonyl (C=O) groups is 1. The molecule has 1 aromatic carbocycles. The zero-order valence-electron chi connectivity index (χ0n) is 14.3. The second kappa shape index (κ2) is 7.13. The van der Waals surface area contributed by atoms with Gasteiger partial charge in [-0.25, -0.2) is 9.78 Å². The standard InChI is InChI=1S/C20H24N4O/c25-20(24-18-13-17(18)14-5-2-1-3-6-14)22-12-10-16-9-8-15-7-4-11-21-19(15)23-16/h1-3,5-6,8-9,17-18H,4,7,10-13H2,(H,21,23)(H2,22,24,25)/t17-,18+/m0/s1. The first-order valence-corrected chi connectivity index (χ1v) is 9.11. The molecule has 1 aliphatic carbocycles.